The van der Waals surface area contributed by atoms with Gasteiger partial charge in [-0.1, -0.05) is 6.07 Å². The maximum absolute atomic E-state index is 13.7. The Balaban J connectivity index is 1.38. The van der Waals surface area contributed by atoms with Gasteiger partial charge < -0.3 is 4.98 Å². The summed E-state index contributed by atoms with van der Waals surface area (Å²) in [6, 6.07) is 6.22. The van der Waals surface area contributed by atoms with E-state index >= 15 is 0 Å². The van der Waals surface area contributed by atoms with E-state index in [1.807, 2.05) is 6.07 Å². The van der Waals surface area contributed by atoms with Crippen LogP contribution in [0.5, 0.6) is 0 Å². The molecule has 5 rings (SSSR count). The highest BCUT2D eigenvalue weighted by molar-refractivity contribution is 7.91. The van der Waals surface area contributed by atoms with Crippen molar-refractivity contribution in [3.8, 4) is 17.2 Å². The zero-order chi connectivity index (χ0) is 23.2. The summed E-state index contributed by atoms with van der Waals surface area (Å²) >= 11 is 0. The van der Waals surface area contributed by atoms with Crippen molar-refractivity contribution in [1.82, 2.24) is 29.7 Å². The van der Waals surface area contributed by atoms with Crippen LogP contribution in [0.1, 0.15) is 24.3 Å². The molecule has 8 nitrogen and oxygen atoms in total. The number of imidazole rings is 1. The highest BCUT2D eigenvalue weighted by Crippen LogP contribution is 2.38. The Kier molecular flexibility index (Phi) is 5.19. The lowest BCUT2D eigenvalue weighted by molar-refractivity contribution is -0.145. The van der Waals surface area contributed by atoms with E-state index in [-0.39, 0.29) is 17.2 Å². The van der Waals surface area contributed by atoms with Crippen LogP contribution in [0.25, 0.3) is 28.4 Å². The fraction of sp³-hybridized carbons (Fsp3) is 0.333. The minimum atomic E-state index is -4.70. The minimum absolute atomic E-state index is 0.0130. The van der Waals surface area contributed by atoms with Gasteiger partial charge in [0.15, 0.2) is 21.3 Å². The average Bonchev–Trinajstić information content (AvgIpc) is 3.26. The Morgan fingerprint density at radius 2 is 1.97 bits per heavy atom. The monoisotopic (exact) mass is 476 g/mol. The predicted molar refractivity (Wildman–Crippen MR) is 114 cm³/mol. The first-order valence-corrected chi connectivity index (χ1v) is 12.1. The molecule has 4 aromatic rings. The maximum atomic E-state index is 13.7. The van der Waals surface area contributed by atoms with Crippen molar-refractivity contribution in [2.24, 2.45) is 5.92 Å². The molecule has 0 spiro atoms. The summed E-state index contributed by atoms with van der Waals surface area (Å²) in [5.74, 6) is -2.47. The van der Waals surface area contributed by atoms with E-state index < -0.39 is 27.7 Å². The van der Waals surface area contributed by atoms with Gasteiger partial charge in [0.1, 0.15) is 11.3 Å². The van der Waals surface area contributed by atoms with E-state index in [0.717, 1.165) is 19.0 Å². The Morgan fingerprint density at radius 3 is 2.64 bits per heavy atom. The van der Waals surface area contributed by atoms with Gasteiger partial charge in [0, 0.05) is 18.6 Å². The molecule has 1 aliphatic carbocycles. The van der Waals surface area contributed by atoms with Crippen LogP contribution in [0.15, 0.2) is 49.1 Å². The molecule has 0 aliphatic heterocycles. The number of hydrogen-bond donors (Lipinski definition) is 1. The van der Waals surface area contributed by atoms with Crippen LogP contribution in [0.2, 0.25) is 0 Å². The summed E-state index contributed by atoms with van der Waals surface area (Å²) in [6.45, 7) is 0. The van der Waals surface area contributed by atoms with Gasteiger partial charge in [-0.2, -0.15) is 18.3 Å². The topological polar surface area (TPSA) is 106 Å². The summed E-state index contributed by atoms with van der Waals surface area (Å²) in [6.07, 6.45) is 2.70. The lowest BCUT2D eigenvalue weighted by atomic mass is 10.0. The molecular weight excluding hydrogens is 457 g/mol. The number of pyridine rings is 2. The van der Waals surface area contributed by atoms with E-state index in [9.17, 15) is 21.6 Å². The molecule has 33 heavy (non-hydrogen) atoms. The first kappa shape index (κ1) is 21.6. The molecule has 0 radical (unpaired) electrons. The number of nitrogens with zero attached hydrogens (tertiary/aromatic N) is 5. The third kappa shape index (κ3) is 4.75. The number of sulfone groups is 1. The van der Waals surface area contributed by atoms with Gasteiger partial charge in [-0.05, 0) is 42.5 Å². The van der Waals surface area contributed by atoms with Gasteiger partial charge in [0.05, 0.1) is 29.2 Å². The lowest BCUT2D eigenvalue weighted by Gasteiger charge is -2.20. The second-order valence-electron chi connectivity index (χ2n) is 8.19. The molecule has 1 aliphatic rings. The zero-order valence-electron chi connectivity index (χ0n) is 17.2. The van der Waals surface area contributed by atoms with E-state index in [4.69, 9.17) is 0 Å². The molecule has 4 heterocycles. The molecule has 1 unspecified atom stereocenters. The second-order valence-corrected chi connectivity index (χ2v) is 10.3. The van der Waals surface area contributed by atoms with Gasteiger partial charge in [0.25, 0.3) is 0 Å². The first-order valence-electron chi connectivity index (χ1n) is 10.3. The average molecular weight is 476 g/mol. The van der Waals surface area contributed by atoms with Crippen molar-refractivity contribution in [2.75, 3.05) is 11.5 Å². The zero-order valence-corrected chi connectivity index (χ0v) is 18.0. The highest BCUT2D eigenvalue weighted by atomic mass is 32.2. The van der Waals surface area contributed by atoms with Crippen molar-refractivity contribution < 1.29 is 21.6 Å². The summed E-state index contributed by atoms with van der Waals surface area (Å²) in [4.78, 5) is 15.8. The van der Waals surface area contributed by atoms with Gasteiger partial charge in [0.2, 0.25) is 0 Å². The van der Waals surface area contributed by atoms with Gasteiger partial charge in [-0.25, -0.2) is 28.1 Å². The molecule has 0 saturated heterocycles. The number of H-pyrrole nitrogens is 1. The lowest BCUT2D eigenvalue weighted by Crippen LogP contribution is -2.29. The number of nitrogens with one attached hydrogen (secondary N) is 1. The SMILES string of the molecule is O=S(=O)(CC1CC1)CC(c1ccc(-n2cc(-c3nc4cccnc4[nH]3)cn2)nc1)C(F)(F)F. The molecule has 12 heteroatoms. The van der Waals surface area contributed by atoms with Crippen LogP contribution in [-0.4, -0.2) is 55.8 Å². The summed E-state index contributed by atoms with van der Waals surface area (Å²) in [5.41, 5.74) is 1.77. The number of aromatic amines is 1. The molecule has 1 saturated carbocycles. The second kappa shape index (κ2) is 7.94. The van der Waals surface area contributed by atoms with E-state index in [2.05, 4.69) is 25.0 Å². The standard InChI is InChI=1S/C21H19F3N6O2S/c22-21(23,24)16(12-33(31,32)11-13-3-4-13)14-5-6-18(26-8-14)30-10-15(9-27-30)19-28-17-2-1-7-25-20(17)29-19/h1-2,5-10,13,16H,3-4,11-12H2,(H,25,28,29). The molecule has 0 bridgehead atoms. The Morgan fingerprint density at radius 1 is 1.15 bits per heavy atom. The van der Waals surface area contributed by atoms with Crippen LogP contribution >= 0.6 is 0 Å². The molecular formula is C21H19F3N6O2S. The maximum Gasteiger partial charge on any atom is 0.396 e. The summed E-state index contributed by atoms with van der Waals surface area (Å²) in [5, 5.41) is 4.21. The summed E-state index contributed by atoms with van der Waals surface area (Å²) in [7, 11) is -3.83. The number of hydrogen-bond acceptors (Lipinski definition) is 6. The van der Waals surface area contributed by atoms with Crippen molar-refractivity contribution >= 4 is 21.0 Å². The van der Waals surface area contributed by atoms with E-state index in [0.29, 0.717) is 28.4 Å². The normalized spacial score (nSPS) is 15.7. The van der Waals surface area contributed by atoms with Gasteiger partial charge >= 0.3 is 6.18 Å². The van der Waals surface area contributed by atoms with Crippen LogP contribution in [0, 0.1) is 5.92 Å². The number of rotatable bonds is 7. The third-order valence-electron chi connectivity index (χ3n) is 5.52. The van der Waals surface area contributed by atoms with Gasteiger partial charge in [-0.15, -0.1) is 0 Å². The van der Waals surface area contributed by atoms with Crippen LogP contribution in [0.3, 0.4) is 0 Å². The Hall–Kier alpha value is -3.28. The third-order valence-corrected chi connectivity index (χ3v) is 7.34. The summed E-state index contributed by atoms with van der Waals surface area (Å²) < 4.78 is 66.9. The highest BCUT2D eigenvalue weighted by Gasteiger charge is 2.44. The van der Waals surface area contributed by atoms with E-state index in [1.165, 1.54) is 16.8 Å². The fourth-order valence-electron chi connectivity index (χ4n) is 3.64. The minimum Gasteiger partial charge on any atom is -0.323 e. The first-order chi connectivity index (χ1) is 15.7. The molecule has 172 valence electrons. The fourth-order valence-corrected chi connectivity index (χ4v) is 5.71. The van der Waals surface area contributed by atoms with Crippen molar-refractivity contribution in [3.63, 3.8) is 0 Å². The smallest absolute Gasteiger partial charge is 0.323 e. The Bertz CT molecular complexity index is 1360. The largest absolute Gasteiger partial charge is 0.396 e. The Labute approximate surface area is 186 Å². The molecule has 1 N–H and O–H groups in total. The molecule has 0 aromatic carbocycles. The van der Waals surface area contributed by atoms with Crippen LogP contribution in [-0.2, 0) is 9.84 Å². The van der Waals surface area contributed by atoms with E-state index in [1.54, 1.807) is 24.7 Å². The molecule has 4 aromatic heterocycles. The molecule has 1 fully saturated rings. The van der Waals surface area contributed by atoms with Gasteiger partial charge in [-0.3, -0.25) is 0 Å². The predicted octanol–water partition coefficient (Wildman–Crippen LogP) is 3.68. The number of halogens is 3. The van der Waals surface area contributed by atoms with Crippen molar-refractivity contribution in [1.29, 1.82) is 0 Å². The van der Waals surface area contributed by atoms with Crippen molar-refractivity contribution in [3.05, 3.63) is 54.6 Å². The number of aromatic nitrogens is 6. The van der Waals surface area contributed by atoms with Crippen LogP contribution < -0.4 is 0 Å². The number of alkyl halides is 3. The number of fused-ring (bicyclic) bond motifs is 1. The molecule has 1 atom stereocenters. The molecule has 0 amide bonds. The van der Waals surface area contributed by atoms with Crippen LogP contribution in [0.4, 0.5) is 13.2 Å². The van der Waals surface area contributed by atoms with Crippen molar-refractivity contribution in [2.45, 2.75) is 24.9 Å². The quantitative estimate of drug-likeness (QED) is 0.436.